The fraction of sp³-hybridized carbons (Fsp3) is 0.412. The molecule has 0 bridgehead atoms. The van der Waals surface area contributed by atoms with Crippen LogP contribution in [0.1, 0.15) is 24.2 Å². The fourth-order valence-corrected chi connectivity index (χ4v) is 3.82. The molecule has 3 rings (SSSR count). The lowest BCUT2D eigenvalue weighted by molar-refractivity contribution is -0.131. The SMILES string of the molecule is Cc1ncsc1-c1ccc([C@H](C)N2CCOCC2C(N)=O)cc1. The predicted molar refractivity (Wildman–Crippen MR) is 91.2 cm³/mol. The Morgan fingerprint density at radius 3 is 2.78 bits per heavy atom. The molecule has 0 aliphatic carbocycles. The van der Waals surface area contributed by atoms with Gasteiger partial charge in [0, 0.05) is 12.6 Å². The number of ether oxygens (including phenoxy) is 1. The Kier molecular flexibility index (Phi) is 4.75. The lowest BCUT2D eigenvalue weighted by Crippen LogP contribution is -2.53. The van der Waals surface area contributed by atoms with Crippen molar-refractivity contribution in [2.24, 2.45) is 5.73 Å². The van der Waals surface area contributed by atoms with E-state index in [4.69, 9.17) is 10.5 Å². The average molecular weight is 331 g/mol. The molecule has 1 aliphatic heterocycles. The van der Waals surface area contributed by atoms with Crippen LogP contribution in [-0.4, -0.2) is 41.6 Å². The Balaban J connectivity index is 1.81. The summed E-state index contributed by atoms with van der Waals surface area (Å²) in [5.41, 5.74) is 10.8. The first-order valence-electron chi connectivity index (χ1n) is 7.71. The molecule has 1 saturated heterocycles. The molecule has 0 radical (unpaired) electrons. The second-order valence-electron chi connectivity index (χ2n) is 5.80. The van der Waals surface area contributed by atoms with Gasteiger partial charge in [-0.1, -0.05) is 24.3 Å². The standard InChI is InChI=1S/C17H21N3O2S/c1-11-16(23-10-19-11)14-5-3-13(4-6-14)12(2)20-7-8-22-9-15(20)17(18)21/h3-6,10,12,15H,7-9H2,1-2H3,(H2,18,21)/t12-,15?/m0/s1. The molecule has 1 fully saturated rings. The number of aryl methyl sites for hydroxylation is 1. The van der Waals surface area contributed by atoms with E-state index in [1.807, 2.05) is 12.4 Å². The van der Waals surface area contributed by atoms with E-state index in [1.165, 1.54) is 16.0 Å². The highest BCUT2D eigenvalue weighted by atomic mass is 32.1. The highest BCUT2D eigenvalue weighted by Crippen LogP contribution is 2.30. The van der Waals surface area contributed by atoms with E-state index in [0.717, 1.165) is 5.69 Å². The minimum atomic E-state index is -0.359. The van der Waals surface area contributed by atoms with Crippen molar-refractivity contribution < 1.29 is 9.53 Å². The molecular weight excluding hydrogens is 310 g/mol. The van der Waals surface area contributed by atoms with Crippen LogP contribution in [0.25, 0.3) is 10.4 Å². The van der Waals surface area contributed by atoms with E-state index < -0.39 is 0 Å². The molecule has 1 amide bonds. The third-order valence-corrected chi connectivity index (χ3v) is 5.37. The summed E-state index contributed by atoms with van der Waals surface area (Å²) >= 11 is 1.65. The van der Waals surface area contributed by atoms with E-state index in [0.29, 0.717) is 19.8 Å². The lowest BCUT2D eigenvalue weighted by atomic mass is 10.0. The summed E-state index contributed by atoms with van der Waals surface area (Å²) in [6, 6.07) is 8.23. The molecule has 0 saturated carbocycles. The van der Waals surface area contributed by atoms with Crippen molar-refractivity contribution in [1.29, 1.82) is 0 Å². The number of carbonyl (C=O) groups excluding carboxylic acids is 1. The second kappa shape index (κ2) is 6.78. The van der Waals surface area contributed by atoms with Crippen LogP contribution >= 0.6 is 11.3 Å². The van der Waals surface area contributed by atoms with Gasteiger partial charge in [0.15, 0.2) is 0 Å². The van der Waals surface area contributed by atoms with Crippen molar-refractivity contribution in [3.63, 3.8) is 0 Å². The molecule has 1 unspecified atom stereocenters. The first-order valence-corrected chi connectivity index (χ1v) is 8.59. The number of nitrogens with two attached hydrogens (primary N) is 1. The summed E-state index contributed by atoms with van der Waals surface area (Å²) in [7, 11) is 0. The minimum Gasteiger partial charge on any atom is -0.378 e. The van der Waals surface area contributed by atoms with E-state index in [2.05, 4.69) is 41.1 Å². The highest BCUT2D eigenvalue weighted by molar-refractivity contribution is 7.13. The second-order valence-corrected chi connectivity index (χ2v) is 6.65. The summed E-state index contributed by atoms with van der Waals surface area (Å²) in [5.74, 6) is -0.326. The van der Waals surface area contributed by atoms with Crippen molar-refractivity contribution in [2.75, 3.05) is 19.8 Å². The maximum Gasteiger partial charge on any atom is 0.237 e. The van der Waals surface area contributed by atoms with E-state index in [9.17, 15) is 4.79 Å². The van der Waals surface area contributed by atoms with Crippen LogP contribution in [0, 0.1) is 6.92 Å². The first kappa shape index (κ1) is 16.1. The Bertz CT molecular complexity index is 683. The largest absolute Gasteiger partial charge is 0.378 e. The molecule has 0 spiro atoms. The lowest BCUT2D eigenvalue weighted by Gasteiger charge is -2.38. The van der Waals surface area contributed by atoms with Crippen LogP contribution in [0.4, 0.5) is 0 Å². The molecule has 1 aliphatic rings. The monoisotopic (exact) mass is 331 g/mol. The number of primary amides is 1. The third-order valence-electron chi connectivity index (χ3n) is 4.40. The Morgan fingerprint density at radius 1 is 1.43 bits per heavy atom. The third kappa shape index (κ3) is 3.29. The van der Waals surface area contributed by atoms with Crippen molar-refractivity contribution in [3.8, 4) is 10.4 Å². The van der Waals surface area contributed by atoms with Gasteiger partial charge in [-0.2, -0.15) is 0 Å². The zero-order valence-electron chi connectivity index (χ0n) is 13.4. The summed E-state index contributed by atoms with van der Waals surface area (Å²) in [6.07, 6.45) is 0. The van der Waals surface area contributed by atoms with Crippen LogP contribution in [0.2, 0.25) is 0 Å². The maximum atomic E-state index is 11.6. The Labute approximate surface area is 140 Å². The van der Waals surface area contributed by atoms with Gasteiger partial charge in [-0.3, -0.25) is 9.69 Å². The molecule has 2 N–H and O–H groups in total. The van der Waals surface area contributed by atoms with Gasteiger partial charge in [0.25, 0.3) is 0 Å². The fourth-order valence-electron chi connectivity index (χ4n) is 3.01. The van der Waals surface area contributed by atoms with Gasteiger partial charge in [-0.25, -0.2) is 4.98 Å². The van der Waals surface area contributed by atoms with Gasteiger partial charge in [0.05, 0.1) is 29.3 Å². The molecule has 1 aromatic heterocycles. The number of rotatable bonds is 4. The number of nitrogens with zero attached hydrogens (tertiary/aromatic N) is 2. The van der Waals surface area contributed by atoms with Crippen LogP contribution in [-0.2, 0) is 9.53 Å². The maximum absolute atomic E-state index is 11.6. The molecule has 23 heavy (non-hydrogen) atoms. The van der Waals surface area contributed by atoms with Crippen LogP contribution in [0.15, 0.2) is 29.8 Å². The van der Waals surface area contributed by atoms with Gasteiger partial charge in [0.1, 0.15) is 6.04 Å². The molecule has 2 atom stereocenters. The van der Waals surface area contributed by atoms with Crippen LogP contribution < -0.4 is 5.73 Å². The average Bonchev–Trinajstić information content (AvgIpc) is 3.00. The molecule has 122 valence electrons. The predicted octanol–water partition coefficient (Wildman–Crippen LogP) is 2.37. The number of morpholine rings is 1. The number of hydrogen-bond acceptors (Lipinski definition) is 5. The smallest absolute Gasteiger partial charge is 0.237 e. The van der Waals surface area contributed by atoms with Crippen LogP contribution in [0.5, 0.6) is 0 Å². The van der Waals surface area contributed by atoms with Gasteiger partial charge < -0.3 is 10.5 Å². The molecule has 6 heteroatoms. The first-order chi connectivity index (χ1) is 11.1. The molecular formula is C17H21N3O2S. The summed E-state index contributed by atoms with van der Waals surface area (Å²) in [6.45, 7) is 5.84. The minimum absolute atomic E-state index is 0.119. The number of aromatic nitrogens is 1. The Hall–Kier alpha value is -1.76. The zero-order chi connectivity index (χ0) is 16.4. The van der Waals surface area contributed by atoms with Crippen molar-refractivity contribution >= 4 is 17.2 Å². The molecule has 1 aromatic carbocycles. The summed E-state index contributed by atoms with van der Waals surface area (Å²) in [4.78, 5) is 19.3. The summed E-state index contributed by atoms with van der Waals surface area (Å²) in [5, 5.41) is 0. The quantitative estimate of drug-likeness (QED) is 0.934. The number of thiazole rings is 1. The number of amides is 1. The molecule has 2 heterocycles. The van der Waals surface area contributed by atoms with Crippen molar-refractivity contribution in [1.82, 2.24) is 9.88 Å². The Morgan fingerprint density at radius 2 is 2.17 bits per heavy atom. The van der Waals surface area contributed by atoms with E-state index in [-0.39, 0.29) is 18.0 Å². The number of carbonyl (C=O) groups is 1. The highest BCUT2D eigenvalue weighted by Gasteiger charge is 2.31. The topological polar surface area (TPSA) is 68.5 Å². The number of hydrogen-bond donors (Lipinski definition) is 1. The van der Waals surface area contributed by atoms with Gasteiger partial charge in [0.2, 0.25) is 5.91 Å². The number of benzene rings is 1. The van der Waals surface area contributed by atoms with Gasteiger partial charge in [-0.05, 0) is 25.0 Å². The van der Waals surface area contributed by atoms with Crippen molar-refractivity contribution in [3.05, 3.63) is 41.0 Å². The van der Waals surface area contributed by atoms with Gasteiger partial charge >= 0.3 is 0 Å². The molecule has 2 aromatic rings. The van der Waals surface area contributed by atoms with Crippen LogP contribution in [0.3, 0.4) is 0 Å². The normalized spacial score (nSPS) is 20.3. The van der Waals surface area contributed by atoms with E-state index in [1.54, 1.807) is 11.3 Å². The summed E-state index contributed by atoms with van der Waals surface area (Å²) < 4.78 is 5.39. The van der Waals surface area contributed by atoms with Crippen molar-refractivity contribution in [2.45, 2.75) is 25.9 Å². The van der Waals surface area contributed by atoms with E-state index >= 15 is 0 Å². The van der Waals surface area contributed by atoms with Gasteiger partial charge in [-0.15, -0.1) is 11.3 Å². The zero-order valence-corrected chi connectivity index (χ0v) is 14.2. The molecule has 5 nitrogen and oxygen atoms in total.